The van der Waals surface area contributed by atoms with Crippen molar-refractivity contribution in [2.75, 3.05) is 5.32 Å². The molecular weight excluding hydrogens is 304 g/mol. The van der Waals surface area contributed by atoms with Crippen LogP contribution in [0.5, 0.6) is 0 Å². The van der Waals surface area contributed by atoms with Crippen LogP contribution in [0.2, 0.25) is 0 Å². The summed E-state index contributed by atoms with van der Waals surface area (Å²) in [5, 5.41) is 11.9. The molecule has 0 heterocycles. The summed E-state index contributed by atoms with van der Waals surface area (Å²) in [6.45, 7) is 3.82. The van der Waals surface area contributed by atoms with Crippen LogP contribution in [0, 0.1) is 5.92 Å². The zero-order valence-electron chi connectivity index (χ0n) is 13.8. The largest absolute Gasteiger partial charge is 0.326 e. The Bertz CT molecular complexity index is 701. The Morgan fingerprint density at radius 1 is 1.00 bits per heavy atom. The molecule has 0 aliphatic carbocycles. The van der Waals surface area contributed by atoms with Gasteiger partial charge in [0.05, 0.1) is 5.92 Å². The van der Waals surface area contributed by atoms with Gasteiger partial charge in [0.2, 0.25) is 5.91 Å². The molecule has 0 saturated heterocycles. The molecule has 5 heteroatoms. The van der Waals surface area contributed by atoms with Gasteiger partial charge >= 0.3 is 0 Å². The average molecular weight is 326 g/mol. The molecule has 0 aliphatic heterocycles. The monoisotopic (exact) mass is 326 g/mol. The minimum Gasteiger partial charge on any atom is -0.326 e. The normalized spacial score (nSPS) is 13.0. The molecule has 0 aliphatic rings. The van der Waals surface area contributed by atoms with E-state index in [1.165, 1.54) is 0 Å². The van der Waals surface area contributed by atoms with Crippen LogP contribution in [0.4, 0.5) is 5.69 Å². The lowest BCUT2D eigenvalue weighted by molar-refractivity contribution is -0.129. The highest BCUT2D eigenvalue weighted by atomic mass is 16.5. The Morgan fingerprint density at radius 3 is 2.29 bits per heavy atom. The van der Waals surface area contributed by atoms with Gasteiger partial charge in [-0.2, -0.15) is 0 Å². The summed E-state index contributed by atoms with van der Waals surface area (Å²) in [5.41, 5.74) is 3.80. The molecule has 0 spiro atoms. The number of carbonyl (C=O) groups is 2. The van der Waals surface area contributed by atoms with E-state index in [4.69, 9.17) is 5.21 Å². The standard InChI is InChI=1S/C19H22N2O3/c1-3-13(2)18(22)20-16-11-7-10-15(12-16)17(19(23)21-24)14-8-5-4-6-9-14/h4-13,17,24H,3H2,1-2H3,(H,20,22)(H,21,23). The molecular formula is C19H22N2O3. The molecule has 3 N–H and O–H groups in total. The van der Waals surface area contributed by atoms with Crippen molar-refractivity contribution >= 4 is 17.5 Å². The van der Waals surface area contributed by atoms with E-state index in [-0.39, 0.29) is 11.8 Å². The topological polar surface area (TPSA) is 78.4 Å². The molecule has 0 radical (unpaired) electrons. The van der Waals surface area contributed by atoms with Crippen LogP contribution >= 0.6 is 0 Å². The summed E-state index contributed by atoms with van der Waals surface area (Å²) in [6, 6.07) is 16.3. The molecule has 2 rings (SSSR count). The Kier molecular flexibility index (Phi) is 6.09. The van der Waals surface area contributed by atoms with Gasteiger partial charge in [-0.3, -0.25) is 14.8 Å². The van der Waals surface area contributed by atoms with E-state index in [2.05, 4.69) is 5.32 Å². The molecule has 2 amide bonds. The fourth-order valence-electron chi connectivity index (χ4n) is 2.45. The number of hydrogen-bond acceptors (Lipinski definition) is 3. The summed E-state index contributed by atoms with van der Waals surface area (Å²) < 4.78 is 0. The van der Waals surface area contributed by atoms with E-state index in [0.717, 1.165) is 12.0 Å². The molecule has 24 heavy (non-hydrogen) atoms. The number of anilines is 1. The Hall–Kier alpha value is -2.66. The van der Waals surface area contributed by atoms with Crippen LogP contribution < -0.4 is 10.8 Å². The summed E-state index contributed by atoms with van der Waals surface area (Å²) in [6.07, 6.45) is 0.755. The van der Waals surface area contributed by atoms with E-state index in [1.54, 1.807) is 29.7 Å². The minimum atomic E-state index is -0.656. The molecule has 2 unspecified atom stereocenters. The smallest absolute Gasteiger partial charge is 0.255 e. The minimum absolute atomic E-state index is 0.0579. The van der Waals surface area contributed by atoms with Gasteiger partial charge < -0.3 is 5.32 Å². The maximum atomic E-state index is 12.2. The van der Waals surface area contributed by atoms with Crippen molar-refractivity contribution in [1.29, 1.82) is 0 Å². The van der Waals surface area contributed by atoms with Crippen molar-refractivity contribution in [2.45, 2.75) is 26.2 Å². The molecule has 0 saturated carbocycles. The first-order chi connectivity index (χ1) is 11.6. The Balaban J connectivity index is 2.33. The molecule has 0 fully saturated rings. The molecule has 2 aromatic rings. The number of rotatable bonds is 6. The van der Waals surface area contributed by atoms with Crippen LogP contribution in [-0.4, -0.2) is 17.0 Å². The van der Waals surface area contributed by atoms with Gasteiger partial charge in [0.1, 0.15) is 0 Å². The third kappa shape index (κ3) is 4.20. The van der Waals surface area contributed by atoms with Crippen LogP contribution in [0.3, 0.4) is 0 Å². The number of carbonyl (C=O) groups excluding carboxylic acids is 2. The molecule has 0 aromatic heterocycles. The Morgan fingerprint density at radius 2 is 1.67 bits per heavy atom. The van der Waals surface area contributed by atoms with Gasteiger partial charge in [0.15, 0.2) is 0 Å². The third-order valence-electron chi connectivity index (χ3n) is 4.05. The van der Waals surface area contributed by atoms with Gasteiger partial charge in [-0.05, 0) is 29.7 Å². The van der Waals surface area contributed by atoms with Crippen molar-refractivity contribution in [1.82, 2.24) is 5.48 Å². The van der Waals surface area contributed by atoms with E-state index >= 15 is 0 Å². The number of amides is 2. The highest BCUT2D eigenvalue weighted by molar-refractivity contribution is 5.93. The fourth-order valence-corrected chi connectivity index (χ4v) is 2.45. The first-order valence-electron chi connectivity index (χ1n) is 7.96. The van der Waals surface area contributed by atoms with Crippen LogP contribution in [0.15, 0.2) is 54.6 Å². The van der Waals surface area contributed by atoms with Crippen molar-refractivity contribution in [3.63, 3.8) is 0 Å². The van der Waals surface area contributed by atoms with E-state index < -0.39 is 11.8 Å². The van der Waals surface area contributed by atoms with Gasteiger partial charge in [-0.1, -0.05) is 56.3 Å². The maximum Gasteiger partial charge on any atom is 0.255 e. The third-order valence-corrected chi connectivity index (χ3v) is 4.05. The summed E-state index contributed by atoms with van der Waals surface area (Å²) in [4.78, 5) is 24.2. The van der Waals surface area contributed by atoms with Gasteiger partial charge in [-0.15, -0.1) is 0 Å². The van der Waals surface area contributed by atoms with Crippen molar-refractivity contribution in [3.8, 4) is 0 Å². The lowest BCUT2D eigenvalue weighted by Crippen LogP contribution is -2.27. The summed E-state index contributed by atoms with van der Waals surface area (Å²) in [7, 11) is 0. The highest BCUT2D eigenvalue weighted by Gasteiger charge is 2.22. The molecule has 2 atom stereocenters. The number of benzene rings is 2. The van der Waals surface area contributed by atoms with Gasteiger partial charge in [-0.25, -0.2) is 5.48 Å². The predicted molar refractivity (Wildman–Crippen MR) is 92.7 cm³/mol. The average Bonchev–Trinajstić information content (AvgIpc) is 2.62. The van der Waals surface area contributed by atoms with Crippen molar-refractivity contribution < 1.29 is 14.8 Å². The quantitative estimate of drug-likeness (QED) is 0.563. The number of hydrogen-bond donors (Lipinski definition) is 3. The zero-order valence-corrected chi connectivity index (χ0v) is 13.8. The molecule has 5 nitrogen and oxygen atoms in total. The van der Waals surface area contributed by atoms with Crippen LogP contribution in [0.1, 0.15) is 37.3 Å². The molecule has 2 aromatic carbocycles. The highest BCUT2D eigenvalue weighted by Crippen LogP contribution is 2.27. The SMILES string of the molecule is CCC(C)C(=O)Nc1cccc(C(C(=O)NO)c2ccccc2)c1. The molecule has 126 valence electrons. The zero-order chi connectivity index (χ0) is 17.5. The van der Waals surface area contributed by atoms with Crippen molar-refractivity contribution in [3.05, 3.63) is 65.7 Å². The first-order valence-corrected chi connectivity index (χ1v) is 7.96. The lowest BCUT2D eigenvalue weighted by Gasteiger charge is -2.17. The molecule has 0 bridgehead atoms. The van der Waals surface area contributed by atoms with Crippen LogP contribution in [0.25, 0.3) is 0 Å². The van der Waals surface area contributed by atoms with E-state index in [9.17, 15) is 9.59 Å². The second-order valence-electron chi connectivity index (χ2n) is 5.74. The maximum absolute atomic E-state index is 12.2. The fraction of sp³-hybridized carbons (Fsp3) is 0.263. The number of hydroxylamine groups is 1. The van der Waals surface area contributed by atoms with Crippen LogP contribution in [-0.2, 0) is 9.59 Å². The first kappa shape index (κ1) is 17.7. The van der Waals surface area contributed by atoms with Crippen molar-refractivity contribution in [2.24, 2.45) is 5.92 Å². The second kappa shape index (κ2) is 8.26. The Labute approximate surface area is 141 Å². The lowest BCUT2D eigenvalue weighted by atomic mass is 9.90. The number of nitrogens with one attached hydrogen (secondary N) is 2. The van der Waals surface area contributed by atoms with E-state index in [1.807, 2.05) is 44.2 Å². The van der Waals surface area contributed by atoms with Gasteiger partial charge in [0.25, 0.3) is 5.91 Å². The summed E-state index contributed by atoms with van der Waals surface area (Å²) >= 11 is 0. The predicted octanol–water partition coefficient (Wildman–Crippen LogP) is 3.31. The van der Waals surface area contributed by atoms with Gasteiger partial charge in [0, 0.05) is 11.6 Å². The summed E-state index contributed by atoms with van der Waals surface area (Å²) in [5.74, 6) is -1.32. The van der Waals surface area contributed by atoms with E-state index in [0.29, 0.717) is 11.3 Å². The second-order valence-corrected chi connectivity index (χ2v) is 5.74.